The summed E-state index contributed by atoms with van der Waals surface area (Å²) in [6.07, 6.45) is 0.715. The van der Waals surface area contributed by atoms with Gasteiger partial charge in [-0.2, -0.15) is 8.42 Å². The minimum atomic E-state index is -3.67. The number of aromatic amines is 1. The molecular formula is C19H18FNO6S. The maximum atomic E-state index is 13.3. The Morgan fingerprint density at radius 2 is 1.86 bits per heavy atom. The van der Waals surface area contributed by atoms with Crippen molar-refractivity contribution in [3.05, 3.63) is 70.1 Å². The Bertz CT molecular complexity index is 1160. The van der Waals surface area contributed by atoms with E-state index in [1.54, 1.807) is 31.2 Å². The van der Waals surface area contributed by atoms with Gasteiger partial charge in [0.25, 0.3) is 10.1 Å². The van der Waals surface area contributed by atoms with Crippen molar-refractivity contribution in [3.8, 4) is 11.3 Å². The first-order valence-corrected chi connectivity index (χ1v) is 9.96. The average molecular weight is 407 g/mol. The van der Waals surface area contributed by atoms with E-state index in [1.807, 2.05) is 0 Å². The lowest BCUT2D eigenvalue weighted by Crippen LogP contribution is -2.08. The number of hydrogen-bond donors (Lipinski definition) is 2. The second-order valence-corrected chi connectivity index (χ2v) is 7.24. The fraction of sp³-hybridized carbons (Fsp3) is 0.158. The summed E-state index contributed by atoms with van der Waals surface area (Å²) in [4.78, 5) is 27.2. The third kappa shape index (κ3) is 6.00. The molecule has 1 aromatic heterocycles. The number of nitrogens with one attached hydrogen (secondary N) is 1. The predicted molar refractivity (Wildman–Crippen MR) is 103 cm³/mol. The summed E-state index contributed by atoms with van der Waals surface area (Å²) in [5.74, 6) is -0.843. The topological polar surface area (TPSA) is 114 Å². The van der Waals surface area contributed by atoms with Crippen LogP contribution >= 0.6 is 0 Å². The number of halogens is 1. The molecule has 9 heteroatoms. The van der Waals surface area contributed by atoms with E-state index in [0.29, 0.717) is 34.0 Å². The van der Waals surface area contributed by atoms with Gasteiger partial charge in [0.05, 0.1) is 18.4 Å². The summed E-state index contributed by atoms with van der Waals surface area (Å²) in [7, 11) is -3.67. The number of esters is 1. The minimum absolute atomic E-state index is 0.246. The molecule has 148 valence electrons. The van der Waals surface area contributed by atoms with Gasteiger partial charge in [-0.1, -0.05) is 12.1 Å². The number of H-pyrrole nitrogens is 1. The molecule has 0 amide bonds. The lowest BCUT2D eigenvalue weighted by Gasteiger charge is -2.07. The Labute approximate surface area is 160 Å². The second kappa shape index (κ2) is 8.77. The Morgan fingerprint density at radius 3 is 2.46 bits per heavy atom. The quantitative estimate of drug-likeness (QED) is 0.510. The molecule has 2 aromatic carbocycles. The van der Waals surface area contributed by atoms with Gasteiger partial charge in [0.15, 0.2) is 5.43 Å². The van der Waals surface area contributed by atoms with Gasteiger partial charge in [-0.3, -0.25) is 9.35 Å². The number of carbonyl (C=O) groups is 1. The Kier molecular flexibility index (Phi) is 6.66. The first kappa shape index (κ1) is 21.3. The van der Waals surface area contributed by atoms with E-state index in [4.69, 9.17) is 9.29 Å². The first-order chi connectivity index (χ1) is 13.1. The lowest BCUT2D eigenvalue weighted by molar-refractivity contribution is 0.0526. The van der Waals surface area contributed by atoms with Crippen LogP contribution < -0.4 is 5.43 Å². The number of rotatable bonds is 3. The van der Waals surface area contributed by atoms with Crippen LogP contribution in [0.1, 0.15) is 17.3 Å². The van der Waals surface area contributed by atoms with Crippen molar-refractivity contribution in [2.45, 2.75) is 6.92 Å². The highest BCUT2D eigenvalue weighted by atomic mass is 32.2. The zero-order chi connectivity index (χ0) is 20.9. The highest BCUT2D eigenvalue weighted by molar-refractivity contribution is 7.85. The zero-order valence-corrected chi connectivity index (χ0v) is 15.9. The maximum Gasteiger partial charge on any atom is 0.338 e. The number of aromatic nitrogens is 1. The van der Waals surface area contributed by atoms with Crippen molar-refractivity contribution in [1.29, 1.82) is 0 Å². The van der Waals surface area contributed by atoms with Crippen LogP contribution in [0.5, 0.6) is 0 Å². The number of pyridine rings is 1. The van der Waals surface area contributed by atoms with Gasteiger partial charge in [-0.05, 0) is 37.3 Å². The smallest absolute Gasteiger partial charge is 0.338 e. The lowest BCUT2D eigenvalue weighted by atomic mass is 10.1. The fourth-order valence-electron chi connectivity index (χ4n) is 2.40. The van der Waals surface area contributed by atoms with Gasteiger partial charge in [0.2, 0.25) is 0 Å². The molecule has 3 aromatic rings. The molecule has 0 spiro atoms. The number of fused-ring (bicyclic) bond motifs is 1. The average Bonchev–Trinajstić information content (AvgIpc) is 2.60. The summed E-state index contributed by atoms with van der Waals surface area (Å²) in [5.41, 5.74) is 1.75. The van der Waals surface area contributed by atoms with Gasteiger partial charge >= 0.3 is 5.97 Å². The van der Waals surface area contributed by atoms with Crippen LogP contribution in [0.4, 0.5) is 4.39 Å². The van der Waals surface area contributed by atoms with E-state index in [-0.39, 0.29) is 17.9 Å². The van der Waals surface area contributed by atoms with E-state index >= 15 is 0 Å². The van der Waals surface area contributed by atoms with E-state index in [1.165, 1.54) is 24.3 Å². The van der Waals surface area contributed by atoms with E-state index in [9.17, 15) is 22.4 Å². The van der Waals surface area contributed by atoms with E-state index < -0.39 is 16.1 Å². The summed E-state index contributed by atoms with van der Waals surface area (Å²) < 4.78 is 44.1. The van der Waals surface area contributed by atoms with Crippen molar-refractivity contribution in [3.63, 3.8) is 0 Å². The molecule has 0 bridgehead atoms. The normalized spacial score (nSPS) is 10.9. The summed E-state index contributed by atoms with van der Waals surface area (Å²) in [5, 5.41) is 0.385. The summed E-state index contributed by atoms with van der Waals surface area (Å²) in [6.45, 7) is 1.99. The van der Waals surface area contributed by atoms with E-state index in [2.05, 4.69) is 4.98 Å². The second-order valence-electron chi connectivity index (χ2n) is 5.77. The van der Waals surface area contributed by atoms with Crippen LogP contribution in [0, 0.1) is 5.82 Å². The molecule has 2 N–H and O–H groups in total. The van der Waals surface area contributed by atoms with Gasteiger partial charge in [0, 0.05) is 28.2 Å². The number of benzene rings is 2. The van der Waals surface area contributed by atoms with Gasteiger partial charge in [0.1, 0.15) is 5.82 Å². The highest BCUT2D eigenvalue weighted by Gasteiger charge is 2.10. The third-order valence-corrected chi connectivity index (χ3v) is 3.48. The zero-order valence-electron chi connectivity index (χ0n) is 15.1. The van der Waals surface area contributed by atoms with Crippen LogP contribution in [-0.2, 0) is 14.9 Å². The molecule has 0 radical (unpaired) electrons. The molecule has 0 aliphatic carbocycles. The fourth-order valence-corrected chi connectivity index (χ4v) is 2.40. The van der Waals surface area contributed by atoms with Crippen LogP contribution in [0.25, 0.3) is 22.2 Å². The van der Waals surface area contributed by atoms with E-state index in [0.717, 1.165) is 0 Å². The molecule has 0 saturated heterocycles. The molecule has 0 fully saturated rings. The van der Waals surface area contributed by atoms with Crippen molar-refractivity contribution < 1.29 is 26.9 Å². The van der Waals surface area contributed by atoms with Crippen molar-refractivity contribution in [2.75, 3.05) is 12.9 Å². The van der Waals surface area contributed by atoms with Crippen LogP contribution in [0.2, 0.25) is 0 Å². The highest BCUT2D eigenvalue weighted by Crippen LogP contribution is 2.20. The van der Waals surface area contributed by atoms with Crippen molar-refractivity contribution in [1.82, 2.24) is 4.98 Å². The standard InChI is InChI=1S/C18H14FNO3.CH4O3S/c1-2-23-18(22)12-6-7-15-14(9-12)17(21)10-16(20-15)11-4-3-5-13(19)8-11;1-5(2,3)4/h3-10H,2H2,1H3,(H,20,21);1H3,(H,2,3,4). The number of carbonyl (C=O) groups excluding carboxylic acids is 1. The first-order valence-electron chi connectivity index (χ1n) is 8.11. The Morgan fingerprint density at radius 1 is 1.18 bits per heavy atom. The molecule has 0 aliphatic rings. The van der Waals surface area contributed by atoms with Gasteiger partial charge in [-0.15, -0.1) is 0 Å². The van der Waals surface area contributed by atoms with Crippen molar-refractivity contribution in [2.24, 2.45) is 0 Å². The molecule has 0 aliphatic heterocycles. The molecule has 28 heavy (non-hydrogen) atoms. The van der Waals surface area contributed by atoms with Gasteiger partial charge < -0.3 is 9.72 Å². The monoisotopic (exact) mass is 407 g/mol. The summed E-state index contributed by atoms with van der Waals surface area (Å²) in [6, 6.07) is 12.1. The van der Waals surface area contributed by atoms with Crippen molar-refractivity contribution >= 4 is 27.0 Å². The molecule has 3 rings (SSSR count). The predicted octanol–water partition coefficient (Wildman–Crippen LogP) is 3.01. The largest absolute Gasteiger partial charge is 0.462 e. The third-order valence-electron chi connectivity index (χ3n) is 3.48. The molecular weight excluding hydrogens is 389 g/mol. The summed E-state index contributed by atoms with van der Waals surface area (Å²) >= 11 is 0. The molecule has 7 nitrogen and oxygen atoms in total. The SMILES string of the molecule is CCOC(=O)c1ccc2[nH]c(-c3cccc(F)c3)cc(=O)c2c1.CS(=O)(=O)O. The van der Waals surface area contributed by atoms with Crippen LogP contribution in [-0.4, -0.2) is 36.8 Å². The Hall–Kier alpha value is -3.04. The molecule has 0 atom stereocenters. The van der Waals surface area contributed by atoms with Crippen LogP contribution in [0.3, 0.4) is 0 Å². The molecule has 1 heterocycles. The van der Waals surface area contributed by atoms with Gasteiger partial charge in [-0.25, -0.2) is 9.18 Å². The number of hydrogen-bond acceptors (Lipinski definition) is 5. The minimum Gasteiger partial charge on any atom is -0.462 e. The number of ether oxygens (including phenoxy) is 1. The molecule has 0 unspecified atom stereocenters. The Balaban J connectivity index is 0.000000500. The van der Waals surface area contributed by atoms with Crippen LogP contribution in [0.15, 0.2) is 53.3 Å². The molecule has 0 saturated carbocycles. The maximum absolute atomic E-state index is 13.3.